The first kappa shape index (κ1) is 30.4. The number of carbonyl (C=O) groups is 2. The highest BCUT2D eigenvalue weighted by Crippen LogP contribution is 2.39. The highest BCUT2D eigenvalue weighted by Gasteiger charge is 2.41. The lowest BCUT2D eigenvalue weighted by atomic mass is 9.72. The van der Waals surface area contributed by atoms with Gasteiger partial charge in [-0.25, -0.2) is 0 Å². The molecule has 2 amide bonds. The minimum absolute atomic E-state index is 0.0124. The van der Waals surface area contributed by atoms with Crippen molar-refractivity contribution in [1.82, 2.24) is 15.5 Å². The van der Waals surface area contributed by atoms with Gasteiger partial charge in [-0.1, -0.05) is 43.5 Å². The molecule has 0 spiro atoms. The molecule has 1 saturated heterocycles. The molecule has 1 saturated carbocycles. The van der Waals surface area contributed by atoms with E-state index < -0.39 is 12.1 Å². The summed E-state index contributed by atoms with van der Waals surface area (Å²) < 4.78 is 0. The molecule has 1 aliphatic carbocycles. The molecule has 0 radical (unpaired) electrons. The van der Waals surface area contributed by atoms with Crippen LogP contribution >= 0.6 is 11.8 Å². The molecule has 2 aromatic rings. The number of fused-ring (bicyclic) bond motifs is 1. The number of hydrogen-bond acceptors (Lipinski definition) is 6. The van der Waals surface area contributed by atoms with E-state index >= 15 is 0 Å². The molecule has 2 aromatic carbocycles. The van der Waals surface area contributed by atoms with E-state index in [-0.39, 0.29) is 29.1 Å². The Hall–Kier alpha value is -2.55. The topological polar surface area (TPSA) is 102 Å². The van der Waals surface area contributed by atoms with E-state index in [1.54, 1.807) is 36.9 Å². The quantitative estimate of drug-likeness (QED) is 0.327. The fourth-order valence-corrected chi connectivity index (χ4v) is 7.09. The Kier molecular flexibility index (Phi) is 10.2. The van der Waals surface area contributed by atoms with E-state index in [1.807, 2.05) is 51.1 Å². The molecule has 1 aliphatic heterocycles. The standard InChI is InChI=1S/C32H45N3O4S/c1-21-25(15-10-16-28(21)36)30(38)33-26(20-40-24-13-6-5-7-14-24)29(37)19-35-18-23-12-9-8-11-22(23)17-27(35)31(39)34-32(2,3)4/h5-7,10,13-16,22-23,26-27,29,36-37H,8-9,11-12,17-20H2,1-4H3,(H,33,38)(H,34,39)/t22-,23+,26?,27?,29?/m0/s1. The number of likely N-dealkylation sites (tertiary alicyclic amines) is 1. The van der Waals surface area contributed by atoms with Gasteiger partial charge in [0.2, 0.25) is 5.91 Å². The molecule has 7 nitrogen and oxygen atoms in total. The summed E-state index contributed by atoms with van der Waals surface area (Å²) in [6, 6.07) is 13.9. The van der Waals surface area contributed by atoms with E-state index in [1.165, 1.54) is 12.8 Å². The highest BCUT2D eigenvalue weighted by molar-refractivity contribution is 7.99. The smallest absolute Gasteiger partial charge is 0.252 e. The normalized spacial score (nSPS) is 23.1. The number of thioether (sulfide) groups is 1. The maximum Gasteiger partial charge on any atom is 0.252 e. The summed E-state index contributed by atoms with van der Waals surface area (Å²) in [5, 5.41) is 28.0. The van der Waals surface area contributed by atoms with Crippen molar-refractivity contribution in [2.75, 3.05) is 18.8 Å². The van der Waals surface area contributed by atoms with Gasteiger partial charge in [0.15, 0.2) is 0 Å². The number of phenolic OH excluding ortho intramolecular Hbond substituents is 1. The zero-order chi connectivity index (χ0) is 28.9. The average molecular weight is 568 g/mol. The lowest BCUT2D eigenvalue weighted by Crippen LogP contribution is -2.60. The maximum atomic E-state index is 13.5. The van der Waals surface area contributed by atoms with Crippen molar-refractivity contribution >= 4 is 23.6 Å². The molecule has 5 atom stereocenters. The van der Waals surface area contributed by atoms with Crippen LogP contribution in [-0.2, 0) is 4.79 Å². The number of β-amino-alcohol motifs (C(OH)–C–C–N with tert-alkyl or cyclic N) is 1. The Labute approximate surface area is 243 Å². The summed E-state index contributed by atoms with van der Waals surface area (Å²) in [7, 11) is 0. The zero-order valence-electron chi connectivity index (χ0n) is 24.2. The first-order chi connectivity index (χ1) is 19.0. The van der Waals surface area contributed by atoms with Crippen LogP contribution in [0.3, 0.4) is 0 Å². The van der Waals surface area contributed by atoms with Gasteiger partial charge in [-0.15, -0.1) is 11.8 Å². The SMILES string of the molecule is Cc1c(O)cccc1C(=O)NC(CSc1ccccc1)C(O)CN1C[C@H]2CCCC[C@H]2CC1C(=O)NC(C)(C)C. The fourth-order valence-electron chi connectivity index (χ4n) is 6.06. The van der Waals surface area contributed by atoms with Gasteiger partial charge < -0.3 is 20.8 Å². The van der Waals surface area contributed by atoms with Crippen molar-refractivity contribution < 1.29 is 19.8 Å². The van der Waals surface area contributed by atoms with Crippen LogP contribution in [0, 0.1) is 18.8 Å². The van der Waals surface area contributed by atoms with Crippen LogP contribution in [0.25, 0.3) is 0 Å². The van der Waals surface area contributed by atoms with Gasteiger partial charge in [0.1, 0.15) is 5.75 Å². The third kappa shape index (κ3) is 8.02. The Bertz CT molecular complexity index is 1150. The predicted octanol–water partition coefficient (Wildman–Crippen LogP) is 4.75. The Morgan fingerprint density at radius 1 is 1.05 bits per heavy atom. The second kappa shape index (κ2) is 13.4. The third-order valence-corrected chi connectivity index (χ3v) is 9.36. The molecule has 2 fully saturated rings. The number of aliphatic hydroxyl groups is 1. The van der Waals surface area contributed by atoms with Crippen LogP contribution in [0.1, 0.15) is 68.8 Å². The second-order valence-electron chi connectivity index (χ2n) is 12.5. The lowest BCUT2D eigenvalue weighted by Gasteiger charge is -2.47. The van der Waals surface area contributed by atoms with E-state index in [4.69, 9.17) is 0 Å². The van der Waals surface area contributed by atoms with Gasteiger partial charge in [0.05, 0.1) is 18.2 Å². The van der Waals surface area contributed by atoms with Crippen molar-refractivity contribution in [2.45, 2.75) is 88.4 Å². The number of amides is 2. The number of aromatic hydroxyl groups is 1. The fraction of sp³-hybridized carbons (Fsp3) is 0.562. The number of nitrogens with one attached hydrogen (secondary N) is 2. The zero-order valence-corrected chi connectivity index (χ0v) is 25.0. The number of rotatable bonds is 9. The molecule has 40 heavy (non-hydrogen) atoms. The van der Waals surface area contributed by atoms with Gasteiger partial charge in [-0.2, -0.15) is 0 Å². The monoisotopic (exact) mass is 567 g/mol. The number of nitrogens with zero attached hydrogens (tertiary/aromatic N) is 1. The molecule has 2 aliphatic rings. The molecule has 1 heterocycles. The molecular formula is C32H45N3O4S. The van der Waals surface area contributed by atoms with Gasteiger partial charge in [-0.3, -0.25) is 14.5 Å². The highest BCUT2D eigenvalue weighted by atomic mass is 32.2. The van der Waals surface area contributed by atoms with Crippen molar-refractivity contribution in [3.63, 3.8) is 0 Å². The van der Waals surface area contributed by atoms with Crippen LogP contribution in [0.4, 0.5) is 0 Å². The third-order valence-electron chi connectivity index (χ3n) is 8.23. The Morgan fingerprint density at radius 2 is 1.75 bits per heavy atom. The molecule has 0 aromatic heterocycles. The van der Waals surface area contributed by atoms with Crippen LogP contribution in [-0.4, -0.2) is 69.5 Å². The summed E-state index contributed by atoms with van der Waals surface area (Å²) in [6.45, 7) is 8.76. The van der Waals surface area contributed by atoms with E-state index in [0.717, 1.165) is 30.7 Å². The van der Waals surface area contributed by atoms with Gasteiger partial charge in [0, 0.05) is 40.4 Å². The van der Waals surface area contributed by atoms with E-state index in [0.29, 0.717) is 35.3 Å². The van der Waals surface area contributed by atoms with Crippen LogP contribution in [0.5, 0.6) is 5.75 Å². The van der Waals surface area contributed by atoms with Crippen LogP contribution in [0.2, 0.25) is 0 Å². The molecule has 3 unspecified atom stereocenters. The minimum atomic E-state index is -0.886. The number of piperidine rings is 1. The van der Waals surface area contributed by atoms with Crippen molar-refractivity contribution in [2.24, 2.45) is 11.8 Å². The summed E-state index contributed by atoms with van der Waals surface area (Å²) in [5.41, 5.74) is 0.543. The summed E-state index contributed by atoms with van der Waals surface area (Å²) in [6.07, 6.45) is 4.67. The summed E-state index contributed by atoms with van der Waals surface area (Å²) in [5.74, 6) is 1.27. The van der Waals surface area contributed by atoms with Gasteiger partial charge in [-0.05, 0) is 76.6 Å². The first-order valence-electron chi connectivity index (χ1n) is 14.5. The second-order valence-corrected chi connectivity index (χ2v) is 13.6. The van der Waals surface area contributed by atoms with Gasteiger partial charge in [0.25, 0.3) is 5.91 Å². The van der Waals surface area contributed by atoms with Crippen LogP contribution in [0.15, 0.2) is 53.4 Å². The van der Waals surface area contributed by atoms with Crippen molar-refractivity contribution in [3.05, 3.63) is 59.7 Å². The van der Waals surface area contributed by atoms with E-state index in [2.05, 4.69) is 15.5 Å². The molecular weight excluding hydrogens is 522 g/mol. The summed E-state index contributed by atoms with van der Waals surface area (Å²) in [4.78, 5) is 30.0. The van der Waals surface area contributed by atoms with Crippen molar-refractivity contribution in [3.8, 4) is 5.75 Å². The Morgan fingerprint density at radius 3 is 2.45 bits per heavy atom. The molecule has 218 valence electrons. The molecule has 4 N–H and O–H groups in total. The van der Waals surface area contributed by atoms with Crippen molar-refractivity contribution in [1.29, 1.82) is 0 Å². The van der Waals surface area contributed by atoms with Crippen LogP contribution < -0.4 is 10.6 Å². The molecule has 4 rings (SSSR count). The number of hydrogen-bond donors (Lipinski definition) is 4. The number of benzene rings is 2. The number of aliphatic hydroxyl groups excluding tert-OH is 1. The Balaban J connectivity index is 1.54. The summed E-state index contributed by atoms with van der Waals surface area (Å²) >= 11 is 1.57. The lowest BCUT2D eigenvalue weighted by molar-refractivity contribution is -0.132. The first-order valence-corrected chi connectivity index (χ1v) is 15.5. The molecule has 0 bridgehead atoms. The minimum Gasteiger partial charge on any atom is -0.508 e. The largest absolute Gasteiger partial charge is 0.508 e. The predicted molar refractivity (Wildman–Crippen MR) is 161 cm³/mol. The van der Waals surface area contributed by atoms with E-state index in [9.17, 15) is 19.8 Å². The molecule has 8 heteroatoms. The maximum absolute atomic E-state index is 13.5. The number of carbonyl (C=O) groups excluding carboxylic acids is 2. The number of phenols is 1. The van der Waals surface area contributed by atoms with Gasteiger partial charge >= 0.3 is 0 Å². The average Bonchev–Trinajstić information content (AvgIpc) is 2.91.